The molecule has 32 heavy (non-hydrogen) atoms. The minimum Gasteiger partial charge on any atom is -0.507 e. The van der Waals surface area contributed by atoms with Crippen LogP contribution in [0.25, 0.3) is 0 Å². The van der Waals surface area contributed by atoms with Crippen LogP contribution in [0.4, 0.5) is 11.4 Å². The molecule has 0 aromatic heterocycles. The van der Waals surface area contributed by atoms with Crippen LogP contribution >= 0.6 is 0 Å². The van der Waals surface area contributed by atoms with Crippen LogP contribution in [0.1, 0.15) is 31.8 Å². The third-order valence-corrected chi connectivity index (χ3v) is 5.60. The van der Waals surface area contributed by atoms with Gasteiger partial charge in [0.05, 0.1) is 42.0 Å². The van der Waals surface area contributed by atoms with Gasteiger partial charge in [-0.3, -0.25) is 19.3 Å². The first-order chi connectivity index (χ1) is 15.4. The molecule has 4 rings (SSSR count). The van der Waals surface area contributed by atoms with Gasteiger partial charge in [-0.2, -0.15) is 0 Å². The number of phenolic OH excluding ortho intramolecular Hbond substituents is 2. The number of amides is 1. The van der Waals surface area contributed by atoms with E-state index in [1.807, 2.05) is 0 Å². The van der Waals surface area contributed by atoms with E-state index in [2.05, 4.69) is 15.5 Å². The summed E-state index contributed by atoms with van der Waals surface area (Å²) in [5.41, 5.74) is 5.41. The molecule has 10 nitrogen and oxygen atoms in total. The molecule has 0 spiro atoms. The molecule has 6 N–H and O–H groups in total. The van der Waals surface area contributed by atoms with Crippen LogP contribution in [0.2, 0.25) is 0 Å². The summed E-state index contributed by atoms with van der Waals surface area (Å²) in [7, 11) is 0. The van der Waals surface area contributed by atoms with Gasteiger partial charge in [0.15, 0.2) is 0 Å². The summed E-state index contributed by atoms with van der Waals surface area (Å²) < 4.78 is 5.29. The van der Waals surface area contributed by atoms with Gasteiger partial charge in [-0.15, -0.1) is 0 Å². The van der Waals surface area contributed by atoms with Crippen LogP contribution in [0, 0.1) is 0 Å². The van der Waals surface area contributed by atoms with Crippen LogP contribution in [-0.2, 0) is 9.53 Å². The lowest BCUT2D eigenvalue weighted by Crippen LogP contribution is -2.42. The topological polar surface area (TPSA) is 154 Å². The van der Waals surface area contributed by atoms with Crippen molar-refractivity contribution in [1.82, 2.24) is 10.2 Å². The van der Waals surface area contributed by atoms with Crippen LogP contribution in [0.15, 0.2) is 24.3 Å². The van der Waals surface area contributed by atoms with Crippen LogP contribution in [-0.4, -0.2) is 78.5 Å². The predicted molar refractivity (Wildman–Crippen MR) is 116 cm³/mol. The van der Waals surface area contributed by atoms with Gasteiger partial charge in [0.1, 0.15) is 11.5 Å². The normalized spacial score (nSPS) is 15.8. The lowest BCUT2D eigenvalue weighted by atomic mass is 9.81. The van der Waals surface area contributed by atoms with Crippen molar-refractivity contribution in [2.75, 3.05) is 57.0 Å². The monoisotopic (exact) mass is 440 g/mol. The molecule has 2 aliphatic rings. The number of hydrogen-bond donors (Lipinski definition) is 5. The number of morpholine rings is 1. The third kappa shape index (κ3) is 3.97. The standard InChI is InChI=1S/C22H24N4O6/c23-12-1-3-14(27)19-17(12)21(30)20-15(28)4-2-13(18(20)22(19)31)25-11-16(29)24-5-6-26-7-9-32-10-8-26/h1-4,25,27-28H,5-11,23H2,(H,24,29). The van der Waals surface area contributed by atoms with E-state index in [1.54, 1.807) is 0 Å². The van der Waals surface area contributed by atoms with E-state index in [9.17, 15) is 24.6 Å². The highest BCUT2D eigenvalue weighted by molar-refractivity contribution is 6.33. The van der Waals surface area contributed by atoms with E-state index >= 15 is 0 Å². The fourth-order valence-corrected chi connectivity index (χ4v) is 3.95. The summed E-state index contributed by atoms with van der Waals surface area (Å²) in [4.78, 5) is 40.6. The van der Waals surface area contributed by atoms with E-state index in [1.165, 1.54) is 24.3 Å². The Labute approximate surface area is 184 Å². The number of carbonyl (C=O) groups is 3. The molecule has 0 atom stereocenters. The van der Waals surface area contributed by atoms with Crippen LogP contribution < -0.4 is 16.4 Å². The molecule has 1 heterocycles. The highest BCUT2D eigenvalue weighted by atomic mass is 16.5. The Kier molecular flexibility index (Phi) is 5.97. The second-order valence-corrected chi connectivity index (χ2v) is 7.62. The fraction of sp³-hybridized carbons (Fsp3) is 0.318. The van der Waals surface area contributed by atoms with Crippen molar-refractivity contribution in [2.45, 2.75) is 0 Å². The molecule has 1 aliphatic carbocycles. The average molecular weight is 440 g/mol. The molecule has 1 amide bonds. The minimum absolute atomic E-state index is 0.0270. The molecule has 0 radical (unpaired) electrons. The first-order valence-electron chi connectivity index (χ1n) is 10.3. The second kappa shape index (κ2) is 8.85. The highest BCUT2D eigenvalue weighted by Gasteiger charge is 2.37. The highest BCUT2D eigenvalue weighted by Crippen LogP contribution is 2.41. The third-order valence-electron chi connectivity index (χ3n) is 5.60. The lowest BCUT2D eigenvalue weighted by Gasteiger charge is -2.26. The summed E-state index contributed by atoms with van der Waals surface area (Å²) in [6.45, 7) is 4.03. The van der Waals surface area contributed by atoms with E-state index in [0.717, 1.165) is 13.1 Å². The number of phenols is 2. The van der Waals surface area contributed by atoms with E-state index < -0.39 is 11.6 Å². The molecule has 2 aromatic carbocycles. The molecule has 168 valence electrons. The van der Waals surface area contributed by atoms with Gasteiger partial charge in [-0.1, -0.05) is 0 Å². The van der Waals surface area contributed by atoms with Gasteiger partial charge in [0, 0.05) is 37.6 Å². The summed E-state index contributed by atoms with van der Waals surface area (Å²) in [6, 6.07) is 5.24. The second-order valence-electron chi connectivity index (χ2n) is 7.62. The number of nitrogen functional groups attached to an aromatic ring is 1. The Morgan fingerprint density at radius 3 is 2.31 bits per heavy atom. The van der Waals surface area contributed by atoms with E-state index in [-0.39, 0.29) is 57.6 Å². The number of carbonyl (C=O) groups excluding carboxylic acids is 3. The maximum absolute atomic E-state index is 13.2. The van der Waals surface area contributed by atoms with Gasteiger partial charge in [0.2, 0.25) is 17.5 Å². The smallest absolute Gasteiger partial charge is 0.239 e. The number of benzene rings is 2. The number of nitrogens with zero attached hydrogens (tertiary/aromatic N) is 1. The molecule has 1 saturated heterocycles. The maximum atomic E-state index is 13.2. The predicted octanol–water partition coefficient (Wildman–Crippen LogP) is 0.316. The molecular weight excluding hydrogens is 416 g/mol. The number of rotatable bonds is 6. The molecule has 0 saturated carbocycles. The average Bonchev–Trinajstić information content (AvgIpc) is 2.78. The van der Waals surface area contributed by atoms with Crippen molar-refractivity contribution < 1.29 is 29.3 Å². The molecular formula is C22H24N4O6. The molecule has 10 heteroatoms. The quantitative estimate of drug-likeness (QED) is 0.269. The summed E-state index contributed by atoms with van der Waals surface area (Å²) >= 11 is 0. The van der Waals surface area contributed by atoms with Gasteiger partial charge < -0.3 is 31.3 Å². The zero-order chi connectivity index (χ0) is 22.8. The summed E-state index contributed by atoms with van der Waals surface area (Å²) in [5, 5.41) is 26.1. The zero-order valence-corrected chi connectivity index (χ0v) is 17.3. The van der Waals surface area contributed by atoms with Crippen molar-refractivity contribution in [2.24, 2.45) is 0 Å². The number of fused-ring (bicyclic) bond motifs is 2. The molecule has 0 unspecified atom stereocenters. The Morgan fingerprint density at radius 2 is 1.59 bits per heavy atom. The SMILES string of the molecule is Nc1ccc(O)c2c1C(=O)c1c(O)ccc(NCC(=O)NCCN3CCOCC3)c1C2=O. The number of hydrogen-bond acceptors (Lipinski definition) is 9. The first kappa shape index (κ1) is 21.6. The Hall–Kier alpha value is -3.63. The number of nitrogens with two attached hydrogens (primary N) is 1. The largest absolute Gasteiger partial charge is 0.507 e. The summed E-state index contributed by atoms with van der Waals surface area (Å²) in [6.07, 6.45) is 0. The Bertz CT molecular complexity index is 1090. The van der Waals surface area contributed by atoms with Gasteiger partial charge in [0.25, 0.3) is 0 Å². The van der Waals surface area contributed by atoms with Crippen molar-refractivity contribution in [1.29, 1.82) is 0 Å². The Morgan fingerprint density at radius 1 is 0.969 bits per heavy atom. The molecule has 0 bridgehead atoms. The number of aromatic hydroxyl groups is 2. The lowest BCUT2D eigenvalue weighted by molar-refractivity contribution is -0.119. The first-order valence-corrected chi connectivity index (χ1v) is 10.3. The van der Waals surface area contributed by atoms with Crippen molar-refractivity contribution in [3.8, 4) is 11.5 Å². The maximum Gasteiger partial charge on any atom is 0.239 e. The van der Waals surface area contributed by atoms with E-state index in [4.69, 9.17) is 10.5 Å². The van der Waals surface area contributed by atoms with Crippen LogP contribution in [0.5, 0.6) is 11.5 Å². The van der Waals surface area contributed by atoms with Gasteiger partial charge in [-0.05, 0) is 24.3 Å². The van der Waals surface area contributed by atoms with Gasteiger partial charge >= 0.3 is 0 Å². The van der Waals surface area contributed by atoms with Crippen molar-refractivity contribution in [3.05, 3.63) is 46.5 Å². The number of ketones is 2. The van der Waals surface area contributed by atoms with Crippen molar-refractivity contribution >= 4 is 28.8 Å². The number of anilines is 2. The van der Waals surface area contributed by atoms with E-state index in [0.29, 0.717) is 26.3 Å². The van der Waals surface area contributed by atoms with Crippen molar-refractivity contribution in [3.63, 3.8) is 0 Å². The number of ether oxygens (including phenoxy) is 1. The molecule has 1 fully saturated rings. The fourth-order valence-electron chi connectivity index (χ4n) is 3.95. The Balaban J connectivity index is 1.49. The summed E-state index contributed by atoms with van der Waals surface area (Å²) in [5.74, 6) is -2.38. The molecule has 2 aromatic rings. The van der Waals surface area contributed by atoms with Crippen LogP contribution in [0.3, 0.4) is 0 Å². The zero-order valence-electron chi connectivity index (χ0n) is 17.3. The molecule has 1 aliphatic heterocycles. The number of nitrogens with one attached hydrogen (secondary N) is 2. The minimum atomic E-state index is -0.667. The van der Waals surface area contributed by atoms with Gasteiger partial charge in [-0.25, -0.2) is 0 Å².